The topological polar surface area (TPSA) is 63.6 Å². The normalized spacial score (nSPS) is 24.5. The molecule has 1 fully saturated rings. The number of Topliss-reactive ketones (excluding diaryl/α,β-unsaturated/α-hetero) is 1. The largest absolute Gasteiger partial charge is 0.507 e. The molecule has 3 unspecified atom stereocenters. The van der Waals surface area contributed by atoms with Crippen molar-refractivity contribution in [1.82, 2.24) is 0 Å². The van der Waals surface area contributed by atoms with E-state index in [1.54, 1.807) is 13.0 Å². The molecule has 2 rings (SSSR count). The number of phenols is 1. The van der Waals surface area contributed by atoms with Gasteiger partial charge in [0.25, 0.3) is 0 Å². The van der Waals surface area contributed by atoms with Gasteiger partial charge >= 0.3 is 0 Å². The van der Waals surface area contributed by atoms with Crippen LogP contribution >= 0.6 is 11.6 Å². The Kier molecular flexibility index (Phi) is 8.30. The quantitative estimate of drug-likeness (QED) is 0.285. The molecule has 4 nitrogen and oxygen atoms in total. The van der Waals surface area contributed by atoms with Gasteiger partial charge in [0.05, 0.1) is 10.6 Å². The maximum Gasteiger partial charge on any atom is 0.154 e. The summed E-state index contributed by atoms with van der Waals surface area (Å²) in [7, 11) is 0. The standard InChI is InChI=1S/C26H33ClO4/c1-7-14-31-25-20(24(30)21(15-28)18(4)23(25)27)10-8-16(2)12-13-26(6)17(3)9-11-22(29)19(26)5/h7-8,12-13,15,17,19,30H,1,9-11,14H2,2-6H3/b13-12+,16-8+. The molecule has 3 atom stereocenters. The molecule has 168 valence electrons. The van der Waals surface area contributed by atoms with E-state index in [1.165, 1.54) is 0 Å². The second-order valence-corrected chi connectivity index (χ2v) is 9.08. The van der Waals surface area contributed by atoms with E-state index in [1.807, 2.05) is 26.0 Å². The van der Waals surface area contributed by atoms with E-state index >= 15 is 0 Å². The Hall–Kier alpha value is -2.33. The molecule has 1 aromatic carbocycles. The van der Waals surface area contributed by atoms with Gasteiger partial charge in [0, 0.05) is 17.9 Å². The Morgan fingerprint density at radius 1 is 1.39 bits per heavy atom. The summed E-state index contributed by atoms with van der Waals surface area (Å²) in [5.74, 6) is 0.961. The number of allylic oxidation sites excluding steroid dienone is 4. The van der Waals surface area contributed by atoms with Crippen molar-refractivity contribution in [2.75, 3.05) is 6.61 Å². The maximum absolute atomic E-state index is 12.3. The molecule has 1 aliphatic rings. The van der Waals surface area contributed by atoms with Crippen molar-refractivity contribution in [3.63, 3.8) is 0 Å². The highest BCUT2D eigenvalue weighted by atomic mass is 35.5. The van der Waals surface area contributed by atoms with Gasteiger partial charge in [-0.05, 0) is 43.6 Å². The molecular formula is C26H33ClO4. The molecule has 0 saturated heterocycles. The zero-order valence-corrected chi connectivity index (χ0v) is 19.9. The number of rotatable bonds is 8. The first-order valence-corrected chi connectivity index (χ1v) is 11.1. The van der Waals surface area contributed by atoms with Gasteiger partial charge in [0.2, 0.25) is 0 Å². The number of ether oxygens (including phenoxy) is 1. The van der Waals surface area contributed by atoms with Crippen LogP contribution in [0.2, 0.25) is 5.02 Å². The number of halogens is 1. The molecule has 1 saturated carbocycles. The molecule has 0 bridgehead atoms. The molecule has 31 heavy (non-hydrogen) atoms. The van der Waals surface area contributed by atoms with Gasteiger partial charge in [0.15, 0.2) is 6.29 Å². The van der Waals surface area contributed by atoms with E-state index in [-0.39, 0.29) is 29.3 Å². The first-order chi connectivity index (χ1) is 14.6. The van der Waals surface area contributed by atoms with Crippen molar-refractivity contribution in [1.29, 1.82) is 0 Å². The minimum atomic E-state index is -0.192. The van der Waals surface area contributed by atoms with Crippen LogP contribution in [0.1, 0.15) is 62.0 Å². The van der Waals surface area contributed by atoms with Crippen LogP contribution in [0.5, 0.6) is 11.5 Å². The van der Waals surface area contributed by atoms with Gasteiger partial charge in [-0.3, -0.25) is 9.59 Å². The molecule has 1 N–H and O–H groups in total. The number of aromatic hydroxyl groups is 1. The number of ketones is 1. The number of carbonyl (C=O) groups excluding carboxylic acids is 2. The summed E-state index contributed by atoms with van der Waals surface area (Å²) < 4.78 is 5.71. The van der Waals surface area contributed by atoms with Crippen LogP contribution < -0.4 is 4.74 Å². The monoisotopic (exact) mass is 444 g/mol. The predicted molar refractivity (Wildman–Crippen MR) is 126 cm³/mol. The van der Waals surface area contributed by atoms with Crippen molar-refractivity contribution >= 4 is 23.7 Å². The van der Waals surface area contributed by atoms with Crippen molar-refractivity contribution in [3.8, 4) is 11.5 Å². The summed E-state index contributed by atoms with van der Waals surface area (Å²) in [5.41, 5.74) is 1.91. The molecule has 0 heterocycles. The smallest absolute Gasteiger partial charge is 0.154 e. The fourth-order valence-electron chi connectivity index (χ4n) is 4.11. The fourth-order valence-corrected chi connectivity index (χ4v) is 4.38. The van der Waals surface area contributed by atoms with Gasteiger partial charge in [0.1, 0.15) is 23.9 Å². The minimum absolute atomic E-state index is 0.0192. The lowest BCUT2D eigenvalue weighted by atomic mass is 9.61. The average molecular weight is 445 g/mol. The van der Waals surface area contributed by atoms with Gasteiger partial charge in [-0.2, -0.15) is 0 Å². The third-order valence-corrected chi connectivity index (χ3v) is 7.30. The van der Waals surface area contributed by atoms with Crippen LogP contribution in [0.25, 0.3) is 0 Å². The van der Waals surface area contributed by atoms with Crippen LogP contribution in [0, 0.1) is 24.2 Å². The van der Waals surface area contributed by atoms with Crippen molar-refractivity contribution in [3.05, 3.63) is 58.2 Å². The average Bonchev–Trinajstić information content (AvgIpc) is 2.75. The summed E-state index contributed by atoms with van der Waals surface area (Å²) in [4.78, 5) is 23.7. The Labute approximate surface area is 190 Å². The number of phenolic OH excluding ortho intramolecular Hbond substituents is 1. The van der Waals surface area contributed by atoms with E-state index in [9.17, 15) is 14.7 Å². The summed E-state index contributed by atoms with van der Waals surface area (Å²) in [5, 5.41) is 11.0. The number of hydrogen-bond acceptors (Lipinski definition) is 4. The third kappa shape index (κ3) is 5.12. The van der Waals surface area contributed by atoms with E-state index in [2.05, 4.69) is 26.5 Å². The third-order valence-electron chi connectivity index (χ3n) is 6.85. The summed E-state index contributed by atoms with van der Waals surface area (Å²) in [6.07, 6.45) is 10.2. The first kappa shape index (κ1) is 24.9. The highest BCUT2D eigenvalue weighted by Gasteiger charge is 2.41. The molecule has 0 amide bonds. The van der Waals surface area contributed by atoms with Gasteiger partial charge < -0.3 is 9.84 Å². The van der Waals surface area contributed by atoms with Crippen molar-refractivity contribution in [2.45, 2.75) is 53.9 Å². The number of carbonyl (C=O) groups is 2. The van der Waals surface area contributed by atoms with E-state index in [4.69, 9.17) is 16.3 Å². The lowest BCUT2D eigenvalue weighted by Crippen LogP contribution is -2.40. The van der Waals surface area contributed by atoms with Crippen LogP contribution in [0.3, 0.4) is 0 Å². The Morgan fingerprint density at radius 2 is 2.06 bits per heavy atom. The van der Waals surface area contributed by atoms with Crippen molar-refractivity contribution in [2.24, 2.45) is 17.3 Å². The van der Waals surface area contributed by atoms with Crippen LogP contribution in [-0.2, 0) is 11.2 Å². The lowest BCUT2D eigenvalue weighted by Gasteiger charge is -2.42. The number of aldehydes is 1. The Morgan fingerprint density at radius 3 is 2.68 bits per heavy atom. The van der Waals surface area contributed by atoms with Crippen LogP contribution in [0.15, 0.2) is 36.5 Å². The van der Waals surface area contributed by atoms with Gasteiger partial charge in [-0.1, -0.05) is 68.8 Å². The molecule has 0 aromatic heterocycles. The molecule has 1 aliphatic carbocycles. The van der Waals surface area contributed by atoms with Gasteiger partial charge in [-0.15, -0.1) is 0 Å². The van der Waals surface area contributed by atoms with E-state index in [0.29, 0.717) is 52.7 Å². The summed E-state index contributed by atoms with van der Waals surface area (Å²) >= 11 is 6.44. The zero-order valence-electron chi connectivity index (χ0n) is 19.1. The number of benzene rings is 1. The predicted octanol–water partition coefficient (Wildman–Crippen LogP) is 6.42. The maximum atomic E-state index is 12.3. The molecule has 0 spiro atoms. The Balaban J connectivity index is 2.36. The SMILES string of the molecule is C=CCOc1c(Cl)c(C)c(C=O)c(O)c1C/C=C(C)/C=C/C1(C)C(C)CCC(=O)C1C. The fraction of sp³-hybridized carbons (Fsp3) is 0.462. The molecule has 0 aliphatic heterocycles. The van der Waals surface area contributed by atoms with E-state index < -0.39 is 0 Å². The second kappa shape index (κ2) is 10.3. The van der Waals surface area contributed by atoms with Crippen LogP contribution in [-0.4, -0.2) is 23.8 Å². The minimum Gasteiger partial charge on any atom is -0.507 e. The summed E-state index contributed by atoms with van der Waals surface area (Å²) in [6, 6.07) is 0. The second-order valence-electron chi connectivity index (χ2n) is 8.71. The Bertz CT molecular complexity index is 928. The molecular weight excluding hydrogens is 412 g/mol. The van der Waals surface area contributed by atoms with Gasteiger partial charge in [-0.25, -0.2) is 0 Å². The molecule has 1 aromatic rings. The zero-order chi connectivity index (χ0) is 23.3. The molecule has 5 heteroatoms. The van der Waals surface area contributed by atoms with E-state index in [0.717, 1.165) is 12.0 Å². The molecule has 0 radical (unpaired) electrons. The number of hydrogen-bond donors (Lipinski definition) is 1. The summed E-state index contributed by atoms with van der Waals surface area (Å²) in [6.45, 7) is 13.9. The van der Waals surface area contributed by atoms with Crippen molar-refractivity contribution < 1.29 is 19.4 Å². The first-order valence-electron chi connectivity index (χ1n) is 10.7. The lowest BCUT2D eigenvalue weighted by molar-refractivity contribution is -0.129. The highest BCUT2D eigenvalue weighted by molar-refractivity contribution is 6.33. The van der Waals surface area contributed by atoms with Crippen LogP contribution in [0.4, 0.5) is 0 Å². The highest BCUT2D eigenvalue weighted by Crippen LogP contribution is 2.45.